The second kappa shape index (κ2) is 20.7. The van der Waals surface area contributed by atoms with E-state index in [2.05, 4.69) is 82.3 Å². The molecule has 0 atom stereocenters. The van der Waals surface area contributed by atoms with Gasteiger partial charge in [0.05, 0.1) is 11.0 Å². The average molecular weight is 843 g/mol. The Labute approximate surface area is 317 Å². The van der Waals surface area contributed by atoms with Crippen molar-refractivity contribution in [3.8, 4) is 5.75 Å². The molecule has 17 heteroatoms. The molecule has 0 aliphatic carbocycles. The van der Waals surface area contributed by atoms with Gasteiger partial charge in [0.25, 0.3) is 5.69 Å². The number of carboxylic acids is 2. The number of ether oxygens (including phenoxy) is 1. The molecule has 0 amide bonds. The Bertz CT molecular complexity index is 1580. The molecule has 4 rings (SSSR count). The van der Waals surface area contributed by atoms with Gasteiger partial charge in [-0.1, -0.05) is 35.4 Å². The first-order valence-corrected chi connectivity index (χ1v) is 15.5. The Morgan fingerprint density at radius 2 is 1.13 bits per heavy atom. The van der Waals surface area contributed by atoms with Crippen molar-refractivity contribution in [3.63, 3.8) is 0 Å². The minimum Gasteiger partial charge on any atom is -0.491 e. The number of aliphatic carboxylic acids is 2. The van der Waals surface area contributed by atoms with E-state index in [4.69, 9.17) is 31.5 Å². The van der Waals surface area contributed by atoms with Crippen molar-refractivity contribution >= 4 is 29.0 Å². The summed E-state index contributed by atoms with van der Waals surface area (Å²) in [6.45, 7) is 28.2. The molecule has 10 nitrogen and oxygen atoms in total. The number of anilines is 2. The molecule has 0 bridgehead atoms. The minimum absolute atomic E-state index is 0. The van der Waals surface area contributed by atoms with Gasteiger partial charge in [0.15, 0.2) is 0 Å². The van der Waals surface area contributed by atoms with Crippen LogP contribution in [-0.2, 0) is 29.1 Å². The van der Waals surface area contributed by atoms with Crippen molar-refractivity contribution in [2.75, 3.05) is 22.9 Å². The van der Waals surface area contributed by atoms with Gasteiger partial charge in [-0.05, 0) is 90.1 Å². The number of nitro benzene ring substituents is 1. The molecule has 1 aliphatic rings. The van der Waals surface area contributed by atoms with Crippen LogP contribution < -0.4 is 14.5 Å². The van der Waals surface area contributed by atoms with Crippen molar-refractivity contribution in [1.29, 1.82) is 0 Å². The van der Waals surface area contributed by atoms with Crippen LogP contribution in [0.15, 0.2) is 42.5 Å². The fraction of sp³-hybridized carbons (Fsp3) is 0.389. The Balaban J connectivity index is 0.000000789. The van der Waals surface area contributed by atoms with Crippen LogP contribution >= 0.6 is 0 Å². The zero-order chi connectivity index (χ0) is 40.3. The summed E-state index contributed by atoms with van der Waals surface area (Å²) in [7, 11) is 0. The molecule has 1 saturated heterocycles. The van der Waals surface area contributed by atoms with Crippen LogP contribution in [0, 0.1) is 65.2 Å². The summed E-state index contributed by atoms with van der Waals surface area (Å²) in [6, 6.07) is 13.2. The van der Waals surface area contributed by atoms with Gasteiger partial charge in [0, 0.05) is 68.6 Å². The van der Waals surface area contributed by atoms with Crippen LogP contribution in [0.25, 0.3) is 0 Å². The van der Waals surface area contributed by atoms with E-state index < -0.39 is 29.2 Å². The fourth-order valence-corrected chi connectivity index (χ4v) is 5.16. The maximum absolute atomic E-state index is 10.6. The normalized spacial score (nSPS) is 12.5. The second-order valence-corrected chi connectivity index (χ2v) is 12.0. The summed E-state index contributed by atoms with van der Waals surface area (Å²) in [5, 5.41) is 24.6. The van der Waals surface area contributed by atoms with Gasteiger partial charge in [-0.3, -0.25) is 10.1 Å². The molecule has 1 heterocycles. The van der Waals surface area contributed by atoms with Crippen molar-refractivity contribution in [2.45, 2.75) is 80.3 Å². The number of halogens is 6. The third-order valence-corrected chi connectivity index (χ3v) is 6.87. The summed E-state index contributed by atoms with van der Waals surface area (Å²) in [5.41, 5.74) is 10.9. The number of hydrogen-bond acceptors (Lipinski definition) is 7. The van der Waals surface area contributed by atoms with E-state index in [1.54, 1.807) is 0 Å². The summed E-state index contributed by atoms with van der Waals surface area (Å²) in [6.07, 6.45) is -9.02. The third-order valence-electron chi connectivity index (χ3n) is 6.87. The number of non-ortho nitro benzene ring substituents is 1. The number of rotatable bonds is 5. The number of carbonyl (C=O) groups is 2. The van der Waals surface area contributed by atoms with E-state index in [1.807, 2.05) is 13.8 Å². The van der Waals surface area contributed by atoms with E-state index in [1.165, 1.54) is 63.0 Å². The summed E-state index contributed by atoms with van der Waals surface area (Å²) < 4.78 is 68.8. The molecular weight excluding hydrogens is 801 g/mol. The third kappa shape index (κ3) is 16.0. The molecular formula is C36H41F6N3O7Ru. The van der Waals surface area contributed by atoms with Crippen LogP contribution in [0.2, 0.25) is 0 Å². The number of aryl methyl sites for hydroxylation is 6. The van der Waals surface area contributed by atoms with Crippen LogP contribution in [0.1, 0.15) is 59.2 Å². The molecule has 0 spiro atoms. The number of benzene rings is 3. The van der Waals surface area contributed by atoms with E-state index in [0.717, 1.165) is 19.5 Å². The Morgan fingerprint density at radius 1 is 0.792 bits per heavy atom. The maximum Gasteiger partial charge on any atom is 0.490 e. The maximum atomic E-state index is 10.6. The van der Waals surface area contributed by atoms with Gasteiger partial charge in [-0.25, -0.2) is 9.59 Å². The van der Waals surface area contributed by atoms with Crippen LogP contribution in [0.3, 0.4) is 0 Å². The Kier molecular flexibility index (Phi) is 19.0. The molecule has 3 aromatic carbocycles. The zero-order valence-electron chi connectivity index (χ0n) is 30.2. The number of nitrogens with zero attached hydrogens (tertiary/aromatic N) is 3. The van der Waals surface area contributed by atoms with Gasteiger partial charge in [-0.2, -0.15) is 26.3 Å². The predicted octanol–water partition coefficient (Wildman–Crippen LogP) is 8.96. The first-order chi connectivity index (χ1) is 23.8. The van der Waals surface area contributed by atoms with Crippen molar-refractivity contribution in [2.24, 2.45) is 0 Å². The molecule has 53 heavy (non-hydrogen) atoms. The molecule has 3 aromatic rings. The standard InChI is InChI=1S/C22H28N2.C10H11NO3.2C2HF3O2.Ru/c1-15-10-17(3)21(18(4)11-15)23-8-7-9-24(14-23)22-19(5)12-16(2)13-20(22)6;1-7(2)14-10-5-4-9(11(12)13)6-8(10)3;2*3-2(4,5)1(6)7;/h10-13H,7-9H2,1-6H3;3-7H,1-2H3;2*(H,6,7);. The Hall–Kier alpha value is -4.40. The van der Waals surface area contributed by atoms with E-state index in [0.29, 0.717) is 5.75 Å². The largest absolute Gasteiger partial charge is 0.491 e. The number of alkyl halides is 6. The zero-order valence-corrected chi connectivity index (χ0v) is 32.0. The van der Waals surface area contributed by atoms with Crippen molar-refractivity contribution in [1.82, 2.24) is 0 Å². The average Bonchev–Trinajstić information content (AvgIpc) is 2.97. The predicted molar refractivity (Wildman–Crippen MR) is 184 cm³/mol. The van der Waals surface area contributed by atoms with Crippen LogP contribution in [0.5, 0.6) is 5.75 Å². The molecule has 4 radical (unpaired) electrons. The van der Waals surface area contributed by atoms with Crippen LogP contribution in [-0.4, -0.2) is 58.6 Å². The van der Waals surface area contributed by atoms with Crippen molar-refractivity contribution < 1.29 is 75.3 Å². The topological polar surface area (TPSA) is 133 Å². The summed E-state index contributed by atoms with van der Waals surface area (Å²) in [4.78, 5) is 32.3. The van der Waals surface area contributed by atoms with E-state index >= 15 is 0 Å². The summed E-state index contributed by atoms with van der Waals surface area (Å²) in [5.74, 6) is -5.04. The molecule has 2 N–H and O–H groups in total. The SMILES string of the molecule is Cc1cc(C)c(N2[C]N(c3c(C)cc(C)cc3C)CCC2)c(C)c1.O=C(O)C(F)(F)F.O=C(O)C(F)(F)F.[CH]c1cc([N+](=O)[O-])ccc1OC(C)C.[Ru]. The fourth-order valence-electron chi connectivity index (χ4n) is 5.16. The van der Waals surface area contributed by atoms with Gasteiger partial charge < -0.3 is 24.7 Å². The molecule has 1 aliphatic heterocycles. The molecule has 0 saturated carbocycles. The second-order valence-electron chi connectivity index (χ2n) is 12.0. The first-order valence-electron chi connectivity index (χ1n) is 15.5. The first kappa shape index (κ1) is 48.6. The monoisotopic (exact) mass is 843 g/mol. The number of hydrogen-bond donors (Lipinski definition) is 2. The summed E-state index contributed by atoms with van der Waals surface area (Å²) >= 11 is 0. The van der Waals surface area contributed by atoms with Gasteiger partial charge >= 0.3 is 24.3 Å². The van der Waals surface area contributed by atoms with Gasteiger partial charge in [0.1, 0.15) is 5.75 Å². The quantitative estimate of drug-likeness (QED) is 0.112. The molecule has 1 fully saturated rings. The number of carboxylic acid groups (broad SMARTS) is 2. The van der Waals surface area contributed by atoms with Gasteiger partial charge in [0.2, 0.25) is 6.67 Å². The van der Waals surface area contributed by atoms with Crippen LogP contribution in [0.4, 0.5) is 43.4 Å². The smallest absolute Gasteiger partial charge is 0.490 e. The molecule has 0 unspecified atom stereocenters. The van der Waals surface area contributed by atoms with E-state index in [9.17, 15) is 36.5 Å². The molecule has 0 aromatic heterocycles. The Morgan fingerprint density at radius 3 is 1.40 bits per heavy atom. The van der Waals surface area contributed by atoms with Crippen molar-refractivity contribution in [3.05, 3.63) is 105 Å². The van der Waals surface area contributed by atoms with Gasteiger partial charge in [-0.15, -0.1) is 0 Å². The number of nitro groups is 1. The minimum atomic E-state index is -5.08. The molecule has 292 valence electrons. The van der Waals surface area contributed by atoms with E-state index in [-0.39, 0.29) is 36.8 Å².